The van der Waals surface area contributed by atoms with Crippen molar-refractivity contribution in [1.29, 1.82) is 0 Å². The van der Waals surface area contributed by atoms with E-state index in [-0.39, 0.29) is 53.6 Å². The topological polar surface area (TPSA) is 158 Å². The van der Waals surface area contributed by atoms with Crippen molar-refractivity contribution < 1.29 is 57.2 Å². The minimum Gasteiger partial charge on any atom is -0.426 e. The fourth-order valence-electron chi connectivity index (χ4n) is 20.2. The van der Waals surface area contributed by atoms with Crippen LogP contribution < -0.4 is 28.4 Å². The largest absolute Gasteiger partial charge is 0.426 e. The molecule has 0 spiro atoms. The highest BCUT2D eigenvalue weighted by molar-refractivity contribution is 7.98. The molecule has 6 saturated heterocycles. The Morgan fingerprint density at radius 3 is 0.584 bits per heavy atom. The SMILES string of the molecule is CC(C)(C)C(=O)Oc1ccc([S+]2CCCC2)c2ccccc12.CC(C)(C)C(=O)Oc1ccc([S+]2CCCCC2)c2ccccc12.CCC(=O)Oc1ccc([S+]2CCCC2)c2ccccc12.O=C(Oc1ccc([S+]2CCCC2)c2ccccc12)C1CCCC1.O=C(Oc1ccc([S+]2CCCCC2)c2ccccc12)C1CCCC1.O=C(Oc1ccc([S+]2CCCCC2)c2ccccc12)C1CCCCC1. The molecular weight excluding hydrogens is 1810 g/mol. The highest BCUT2D eigenvalue weighted by Crippen LogP contribution is 2.44. The molecule has 18 heteroatoms. The molecule has 12 aromatic rings. The van der Waals surface area contributed by atoms with Crippen LogP contribution in [0.3, 0.4) is 0 Å². The van der Waals surface area contributed by atoms with Crippen LogP contribution >= 0.6 is 0 Å². The Morgan fingerprint density at radius 1 is 0.219 bits per heavy atom. The summed E-state index contributed by atoms with van der Waals surface area (Å²) < 4.78 is 34.3. The highest BCUT2D eigenvalue weighted by Gasteiger charge is 2.38. The van der Waals surface area contributed by atoms with Gasteiger partial charge >= 0.3 is 35.8 Å². The van der Waals surface area contributed by atoms with Gasteiger partial charge < -0.3 is 28.4 Å². The van der Waals surface area contributed by atoms with Crippen LogP contribution in [0.15, 0.2) is 248 Å². The zero-order valence-corrected chi connectivity index (χ0v) is 86.8. The normalized spacial score (nSPS) is 18.0. The Kier molecular flexibility index (Phi) is 36.2. The molecule has 0 radical (unpaired) electrons. The van der Waals surface area contributed by atoms with E-state index in [1.807, 2.05) is 121 Å². The number of esters is 6. The lowest BCUT2D eigenvalue weighted by Gasteiger charge is -2.20. The lowest BCUT2D eigenvalue weighted by Crippen LogP contribution is -2.25. The minimum absolute atomic E-state index is 0.0299. The number of fused-ring (bicyclic) bond motifs is 6. The van der Waals surface area contributed by atoms with E-state index in [2.05, 4.69) is 146 Å². The van der Waals surface area contributed by atoms with Gasteiger partial charge in [0, 0.05) is 136 Å². The lowest BCUT2D eigenvalue weighted by molar-refractivity contribution is -0.143. The van der Waals surface area contributed by atoms with E-state index < -0.39 is 10.8 Å². The third-order valence-corrected chi connectivity index (χ3v) is 43.2. The van der Waals surface area contributed by atoms with E-state index in [4.69, 9.17) is 28.4 Å². The average Bonchev–Trinajstić information content (AvgIpc) is 1.63. The van der Waals surface area contributed by atoms with Crippen molar-refractivity contribution in [2.24, 2.45) is 28.6 Å². The molecule has 3 aliphatic carbocycles. The third kappa shape index (κ3) is 26.1. The van der Waals surface area contributed by atoms with Crippen molar-refractivity contribution in [3.05, 3.63) is 218 Å². The summed E-state index contributed by atoms with van der Waals surface area (Å²) in [4.78, 5) is 82.1. The van der Waals surface area contributed by atoms with E-state index in [1.165, 1.54) is 233 Å². The summed E-state index contributed by atoms with van der Waals surface area (Å²) in [5.41, 5.74) is -0.988. The zero-order chi connectivity index (χ0) is 95.2. The smallest absolute Gasteiger partial charge is 0.316 e. The summed E-state index contributed by atoms with van der Waals surface area (Å²) in [6, 6.07) is 75.4. The highest BCUT2D eigenvalue weighted by atomic mass is 32.2. The van der Waals surface area contributed by atoms with E-state index in [9.17, 15) is 28.8 Å². The second-order valence-corrected chi connectivity index (χ2v) is 53.5. The number of carbonyl (C=O) groups is 6. The van der Waals surface area contributed by atoms with E-state index in [1.54, 1.807) is 0 Å². The van der Waals surface area contributed by atoms with Crippen molar-refractivity contribution in [3.63, 3.8) is 0 Å². The van der Waals surface area contributed by atoms with E-state index in [0.717, 1.165) is 127 Å². The van der Waals surface area contributed by atoms with Crippen LogP contribution in [-0.2, 0) is 94.1 Å². The Labute approximate surface area is 831 Å². The molecule has 0 unspecified atom stereocenters. The summed E-state index contributed by atoms with van der Waals surface area (Å²) in [5.74, 6) is 19.6. The maximum Gasteiger partial charge on any atom is 0.316 e. The van der Waals surface area contributed by atoms with Crippen molar-refractivity contribution in [2.45, 2.75) is 264 Å². The number of hydrogen-bond acceptors (Lipinski definition) is 12. The Balaban J connectivity index is 0.000000119. The second kappa shape index (κ2) is 49.0. The van der Waals surface area contributed by atoms with Gasteiger partial charge in [0.25, 0.3) is 0 Å². The molecule has 6 aliphatic heterocycles. The first-order valence-corrected chi connectivity index (χ1v) is 60.5. The molecule has 0 aromatic heterocycles. The average molecular weight is 1960 g/mol. The third-order valence-electron chi connectivity index (χ3n) is 28.0. The zero-order valence-electron chi connectivity index (χ0n) is 81.9. The van der Waals surface area contributed by atoms with Crippen LogP contribution in [0.4, 0.5) is 0 Å². The molecule has 0 atom stereocenters. The van der Waals surface area contributed by atoms with Gasteiger partial charge in [-0.3, -0.25) is 28.8 Å². The van der Waals surface area contributed by atoms with Crippen LogP contribution in [0.5, 0.6) is 34.5 Å². The summed E-state index contributed by atoms with van der Waals surface area (Å²) >= 11 is 0. The van der Waals surface area contributed by atoms with Gasteiger partial charge in [0.1, 0.15) is 104 Å². The number of rotatable bonds is 16. The van der Waals surface area contributed by atoms with Crippen molar-refractivity contribution in [1.82, 2.24) is 0 Å². The molecule has 21 rings (SSSR count). The van der Waals surface area contributed by atoms with Gasteiger partial charge in [-0.1, -0.05) is 161 Å². The molecule has 9 fully saturated rings. The quantitative estimate of drug-likeness (QED) is 0.0513. The van der Waals surface area contributed by atoms with Gasteiger partial charge in [-0.15, -0.1) is 0 Å². The van der Waals surface area contributed by atoms with Gasteiger partial charge in [-0.25, -0.2) is 0 Å². The summed E-state index contributed by atoms with van der Waals surface area (Å²) in [6.45, 7) is 13.1. The van der Waals surface area contributed by atoms with Crippen LogP contribution in [0.25, 0.3) is 64.6 Å². The Morgan fingerprint density at radius 2 is 0.387 bits per heavy atom. The van der Waals surface area contributed by atoms with Crippen molar-refractivity contribution in [2.75, 3.05) is 69.0 Å². The molecule has 12 nitrogen and oxygen atoms in total. The molecule has 137 heavy (non-hydrogen) atoms. The Bertz CT molecular complexity index is 6140. The Hall–Kier alpha value is -8.88. The van der Waals surface area contributed by atoms with Crippen molar-refractivity contribution in [3.8, 4) is 34.5 Å². The van der Waals surface area contributed by atoms with E-state index >= 15 is 0 Å². The number of benzene rings is 12. The molecular formula is C119H142O12S6+6. The van der Waals surface area contributed by atoms with Gasteiger partial charge in [0.05, 0.1) is 28.6 Å². The molecule has 3 saturated carbocycles. The molecule has 0 bridgehead atoms. The van der Waals surface area contributed by atoms with Crippen LogP contribution in [-0.4, -0.2) is 105 Å². The molecule has 9 aliphatic rings. The standard InChI is InChI=1S/C22H27O2S.C21H25O2S.C20H23O2S.C20H25O2S.C19H23O2S.C17H19O2S/c23-22(17-9-3-1-4-10-17)24-20-13-14-21(25-15-7-2-8-16-25)19-12-6-5-11-18(19)20;22-21(16-8-2-3-9-16)23-19-12-13-20(24-14-6-1-7-15-24)18-11-5-4-10-17(18)19;21-20(15-7-1-2-8-15)22-18-11-12-19(23-13-5-6-14-23)17-10-4-3-9-16(17)18;1-20(2,3)19(21)22-17-11-12-18(23-13-7-4-8-14-23)16-10-6-5-9-15(16)17;1-19(2,3)18(20)21-16-10-11-17(22-12-6-7-13-22)15-9-5-4-8-14(15)16;1-2-17(18)19-15-9-10-16(20-11-5-6-12-20)14-8-4-3-7-13(14)15/h5-6,11-14,17H,1-4,7-10,15-16H2;4-5,10-13,16H,1-3,6-9,14-15H2;3-4,9-12,15H,1-2,5-8,13-14H2;5-6,9-12H,4,7-8,13-14H2,1-3H3;4-5,8-11H,6-7,12-13H2,1-3H3;3-4,7-10H,2,5-6,11-12H2,1H3/q6*+1. The number of ether oxygens (including phenoxy) is 6. The van der Waals surface area contributed by atoms with Gasteiger partial charge in [-0.2, -0.15) is 0 Å². The maximum atomic E-state index is 12.6. The number of hydrogen-bond donors (Lipinski definition) is 0. The van der Waals surface area contributed by atoms with Crippen LogP contribution in [0, 0.1) is 28.6 Å². The number of carbonyl (C=O) groups excluding carboxylic acids is 6. The summed E-state index contributed by atoms with van der Waals surface area (Å²) in [6.07, 6.45) is 34.7. The fourth-order valence-corrected chi connectivity index (χ4v) is 35.2. The first-order chi connectivity index (χ1) is 66.7. The predicted molar refractivity (Wildman–Crippen MR) is 579 cm³/mol. The van der Waals surface area contributed by atoms with E-state index in [0.29, 0.717) is 89.0 Å². The van der Waals surface area contributed by atoms with Crippen molar-refractivity contribution >= 4 is 166 Å². The minimum atomic E-state index is -0.495. The fraction of sp³-hybridized carbons (Fsp3) is 0.445. The lowest BCUT2D eigenvalue weighted by atomic mass is 9.89. The first-order valence-electron chi connectivity index (χ1n) is 51.2. The van der Waals surface area contributed by atoms with Gasteiger partial charge in [0.15, 0.2) is 29.4 Å². The van der Waals surface area contributed by atoms with Crippen LogP contribution in [0.1, 0.15) is 235 Å². The maximum absolute atomic E-state index is 12.6. The predicted octanol–water partition coefficient (Wildman–Crippen LogP) is 28.7. The molecule has 12 aromatic carbocycles. The molecule has 720 valence electrons. The monoisotopic (exact) mass is 1950 g/mol. The first kappa shape index (κ1) is 101. The van der Waals surface area contributed by atoms with Crippen LogP contribution in [0.2, 0.25) is 0 Å². The second-order valence-electron chi connectivity index (χ2n) is 40.0. The summed E-state index contributed by atoms with van der Waals surface area (Å²) in [5, 5.41) is 14.0. The summed E-state index contributed by atoms with van der Waals surface area (Å²) in [7, 11) is 2.14. The molecule has 6 heterocycles. The van der Waals surface area contributed by atoms with Gasteiger partial charge in [0.2, 0.25) is 0 Å². The molecule has 0 amide bonds. The molecule has 0 N–H and O–H groups in total. The van der Waals surface area contributed by atoms with Gasteiger partial charge in [-0.05, 0) is 286 Å².